The highest BCUT2D eigenvalue weighted by atomic mass is 79.9. The molecule has 0 fully saturated rings. The lowest BCUT2D eigenvalue weighted by Crippen LogP contribution is -1.93. The van der Waals surface area contributed by atoms with E-state index in [2.05, 4.69) is 25.9 Å². The van der Waals surface area contributed by atoms with Crippen LogP contribution in [0, 0.1) is 0 Å². The number of halogens is 3. The zero-order valence-corrected chi connectivity index (χ0v) is 11.6. The Kier molecular flexibility index (Phi) is 4.20. The zero-order chi connectivity index (χ0) is 12.3. The highest BCUT2D eigenvalue weighted by Gasteiger charge is 2.05. The summed E-state index contributed by atoms with van der Waals surface area (Å²) in [6.07, 6.45) is 3.25. The third-order valence-electron chi connectivity index (χ3n) is 1.93. The Morgan fingerprint density at radius 3 is 2.53 bits per heavy atom. The van der Waals surface area contributed by atoms with Crippen LogP contribution in [0.4, 0.5) is 0 Å². The predicted molar refractivity (Wildman–Crippen MR) is 70.8 cm³/mol. The van der Waals surface area contributed by atoms with Crippen molar-refractivity contribution >= 4 is 39.1 Å². The Bertz CT molecular complexity index is 519. The van der Waals surface area contributed by atoms with Gasteiger partial charge in [-0.1, -0.05) is 11.6 Å². The Morgan fingerprint density at radius 1 is 1.24 bits per heavy atom. The number of hydrogen-bond acceptors (Lipinski definition) is 3. The molecule has 0 amide bonds. The quantitative estimate of drug-likeness (QED) is 0.780. The average molecular weight is 334 g/mol. The van der Waals surface area contributed by atoms with E-state index in [0.717, 1.165) is 10.0 Å². The number of rotatable bonds is 3. The molecule has 17 heavy (non-hydrogen) atoms. The Balaban J connectivity index is 2.19. The summed E-state index contributed by atoms with van der Waals surface area (Å²) in [7, 11) is 0. The van der Waals surface area contributed by atoms with E-state index in [1.54, 1.807) is 30.6 Å². The summed E-state index contributed by atoms with van der Waals surface area (Å²) in [4.78, 5) is 8.07. The van der Waals surface area contributed by atoms with Gasteiger partial charge in [0, 0.05) is 23.0 Å². The summed E-state index contributed by atoms with van der Waals surface area (Å²) in [5.41, 5.74) is 0.842. The minimum atomic E-state index is 0.266. The van der Waals surface area contributed by atoms with Crippen LogP contribution in [-0.2, 0) is 5.88 Å². The lowest BCUT2D eigenvalue weighted by Gasteiger charge is -2.06. The lowest BCUT2D eigenvalue weighted by molar-refractivity contribution is 0.438. The SMILES string of the molecule is ClCc1cnc(Oc2ccc(Cl)cc2Br)nc1. The number of nitrogens with zero attached hydrogens (tertiary/aromatic N) is 2. The number of benzene rings is 1. The summed E-state index contributed by atoms with van der Waals surface area (Å²) in [5, 5.41) is 0.627. The maximum atomic E-state index is 5.83. The fourth-order valence-electron chi connectivity index (χ4n) is 1.12. The third kappa shape index (κ3) is 3.31. The summed E-state index contributed by atoms with van der Waals surface area (Å²) in [6.45, 7) is 0. The molecule has 3 nitrogen and oxygen atoms in total. The van der Waals surface area contributed by atoms with E-state index in [0.29, 0.717) is 16.7 Å². The van der Waals surface area contributed by atoms with Gasteiger partial charge in [0.2, 0.25) is 0 Å². The van der Waals surface area contributed by atoms with Gasteiger partial charge in [0.05, 0.1) is 10.4 Å². The molecule has 0 N–H and O–H groups in total. The molecule has 0 spiro atoms. The summed E-state index contributed by atoms with van der Waals surface area (Å²) < 4.78 is 6.24. The monoisotopic (exact) mass is 332 g/mol. The molecule has 0 aliphatic carbocycles. The summed E-state index contributed by atoms with van der Waals surface area (Å²) >= 11 is 14.8. The van der Waals surface area contributed by atoms with Crippen molar-refractivity contribution in [1.82, 2.24) is 9.97 Å². The molecule has 0 saturated carbocycles. The summed E-state index contributed by atoms with van der Waals surface area (Å²) in [5.74, 6) is 0.985. The molecule has 6 heteroatoms. The first-order valence-electron chi connectivity index (χ1n) is 4.69. The van der Waals surface area contributed by atoms with E-state index >= 15 is 0 Å². The molecule has 0 atom stereocenters. The Labute approximate surface area is 117 Å². The summed E-state index contributed by atoms with van der Waals surface area (Å²) in [6, 6.07) is 5.48. The molecule has 0 aliphatic rings. The number of ether oxygens (including phenoxy) is 1. The molecule has 2 aromatic rings. The van der Waals surface area contributed by atoms with E-state index in [1.165, 1.54) is 0 Å². The van der Waals surface area contributed by atoms with Crippen LogP contribution in [0.1, 0.15) is 5.56 Å². The lowest BCUT2D eigenvalue weighted by atomic mass is 10.3. The van der Waals surface area contributed by atoms with Crippen molar-refractivity contribution in [2.24, 2.45) is 0 Å². The predicted octanol–water partition coefficient (Wildman–Crippen LogP) is 4.42. The largest absolute Gasteiger partial charge is 0.423 e. The molecule has 88 valence electrons. The van der Waals surface area contributed by atoms with Gasteiger partial charge in [-0.05, 0) is 34.1 Å². The van der Waals surface area contributed by atoms with Gasteiger partial charge in [0.15, 0.2) is 0 Å². The average Bonchev–Trinajstić information content (AvgIpc) is 2.34. The highest BCUT2D eigenvalue weighted by Crippen LogP contribution is 2.30. The van der Waals surface area contributed by atoms with E-state index < -0.39 is 0 Å². The van der Waals surface area contributed by atoms with E-state index in [4.69, 9.17) is 27.9 Å². The van der Waals surface area contributed by atoms with Crippen LogP contribution in [-0.4, -0.2) is 9.97 Å². The fourth-order valence-corrected chi connectivity index (χ4v) is 2.02. The molecular formula is C11H7BrCl2N2O. The van der Waals surface area contributed by atoms with Crippen molar-refractivity contribution < 1.29 is 4.74 Å². The van der Waals surface area contributed by atoms with Gasteiger partial charge in [-0.15, -0.1) is 11.6 Å². The van der Waals surface area contributed by atoms with Gasteiger partial charge >= 0.3 is 6.01 Å². The first-order valence-corrected chi connectivity index (χ1v) is 6.39. The first kappa shape index (κ1) is 12.6. The first-order chi connectivity index (χ1) is 8.19. The van der Waals surface area contributed by atoms with Crippen LogP contribution in [0.3, 0.4) is 0 Å². The molecule has 0 bridgehead atoms. The molecule has 0 aliphatic heterocycles. The van der Waals surface area contributed by atoms with Crippen LogP contribution in [0.25, 0.3) is 0 Å². The van der Waals surface area contributed by atoms with Crippen molar-refractivity contribution in [3.05, 3.63) is 45.7 Å². The van der Waals surface area contributed by atoms with Gasteiger partial charge in [-0.3, -0.25) is 0 Å². The third-order valence-corrected chi connectivity index (χ3v) is 3.09. The number of alkyl halides is 1. The van der Waals surface area contributed by atoms with Crippen LogP contribution < -0.4 is 4.74 Å². The zero-order valence-electron chi connectivity index (χ0n) is 8.53. The minimum Gasteiger partial charge on any atom is -0.423 e. The van der Waals surface area contributed by atoms with Crippen molar-refractivity contribution in [1.29, 1.82) is 0 Å². The van der Waals surface area contributed by atoms with Crippen LogP contribution >= 0.6 is 39.1 Å². The second kappa shape index (κ2) is 5.67. The second-order valence-corrected chi connectivity index (χ2v) is 4.74. The van der Waals surface area contributed by atoms with Crippen molar-refractivity contribution in [2.45, 2.75) is 5.88 Å². The van der Waals surface area contributed by atoms with Crippen molar-refractivity contribution in [3.63, 3.8) is 0 Å². The van der Waals surface area contributed by atoms with Gasteiger partial charge in [0.25, 0.3) is 0 Å². The minimum absolute atomic E-state index is 0.266. The van der Waals surface area contributed by atoms with Crippen molar-refractivity contribution in [2.75, 3.05) is 0 Å². The van der Waals surface area contributed by atoms with Crippen molar-refractivity contribution in [3.8, 4) is 11.8 Å². The molecule has 1 aromatic heterocycles. The molecule has 0 radical (unpaired) electrons. The molecule has 1 aromatic carbocycles. The number of hydrogen-bond donors (Lipinski definition) is 0. The second-order valence-electron chi connectivity index (χ2n) is 3.18. The topological polar surface area (TPSA) is 35.0 Å². The molecule has 1 heterocycles. The van der Waals surface area contributed by atoms with Gasteiger partial charge in [-0.25, -0.2) is 9.97 Å². The number of aromatic nitrogens is 2. The molecule has 0 saturated heterocycles. The van der Waals surface area contributed by atoms with Crippen LogP contribution in [0.5, 0.6) is 11.8 Å². The molecule has 0 unspecified atom stereocenters. The standard InChI is InChI=1S/C11H7BrCl2N2O/c12-9-3-8(14)1-2-10(9)17-11-15-5-7(4-13)6-16-11/h1-3,5-6H,4H2. The smallest absolute Gasteiger partial charge is 0.321 e. The van der Waals surface area contributed by atoms with Gasteiger partial charge in [-0.2, -0.15) is 0 Å². The van der Waals surface area contributed by atoms with E-state index in [1.807, 2.05) is 0 Å². The van der Waals surface area contributed by atoms with Gasteiger partial charge < -0.3 is 4.74 Å². The van der Waals surface area contributed by atoms with E-state index in [9.17, 15) is 0 Å². The molecular weight excluding hydrogens is 327 g/mol. The highest BCUT2D eigenvalue weighted by molar-refractivity contribution is 9.10. The van der Waals surface area contributed by atoms with Crippen LogP contribution in [0.15, 0.2) is 35.1 Å². The fraction of sp³-hybridized carbons (Fsp3) is 0.0909. The normalized spacial score (nSPS) is 10.3. The molecule has 2 rings (SSSR count). The van der Waals surface area contributed by atoms with Gasteiger partial charge in [0.1, 0.15) is 5.75 Å². The van der Waals surface area contributed by atoms with Crippen LogP contribution in [0.2, 0.25) is 5.02 Å². The maximum absolute atomic E-state index is 5.83. The van der Waals surface area contributed by atoms with E-state index in [-0.39, 0.29) is 6.01 Å². The Hall–Kier alpha value is -0.840. The maximum Gasteiger partial charge on any atom is 0.321 e. The Morgan fingerprint density at radius 2 is 1.94 bits per heavy atom.